The van der Waals surface area contributed by atoms with E-state index in [-0.39, 0.29) is 65.5 Å². The lowest BCUT2D eigenvalue weighted by atomic mass is 9.81. The number of aromatic nitrogens is 1. The number of methoxy groups -OCH3 is 1. The Morgan fingerprint density at radius 1 is 0.885 bits per heavy atom. The quantitative estimate of drug-likeness (QED) is 0.0914. The van der Waals surface area contributed by atoms with Crippen LogP contribution in [0.5, 0.6) is 0 Å². The van der Waals surface area contributed by atoms with Gasteiger partial charge in [0.15, 0.2) is 5.78 Å². The fraction of sp³-hybridized carbons (Fsp3) is 0.708. The van der Waals surface area contributed by atoms with Crippen LogP contribution in [0, 0.1) is 29.6 Å². The minimum absolute atomic E-state index is 0.00536. The molecule has 0 saturated carbocycles. The van der Waals surface area contributed by atoms with Crippen LogP contribution in [0.4, 0.5) is 4.79 Å². The number of hydrogen-bond acceptors (Lipinski definition) is 10. The van der Waals surface area contributed by atoms with Gasteiger partial charge in [-0.25, -0.2) is 9.78 Å². The van der Waals surface area contributed by atoms with Crippen LogP contribution in [-0.4, -0.2) is 95.5 Å². The van der Waals surface area contributed by atoms with E-state index in [9.17, 15) is 24.0 Å². The van der Waals surface area contributed by atoms with Crippen molar-refractivity contribution in [3.8, 4) is 0 Å². The number of amides is 3. The molecule has 61 heavy (non-hydrogen) atoms. The van der Waals surface area contributed by atoms with Gasteiger partial charge in [0, 0.05) is 56.4 Å². The summed E-state index contributed by atoms with van der Waals surface area (Å²) in [7, 11) is 2.97. The number of hydrogen-bond donors (Lipinski definition) is 1. The van der Waals surface area contributed by atoms with Crippen molar-refractivity contribution >= 4 is 41.0 Å². The minimum atomic E-state index is -0.743. The SMILES string of the molecule is CCCO[C@H](C[C@H](C(C)C)N(CCC)C(=O)[C@@H](CC(=O)[C@H]([C@@H](C)CC)N(C)C(=O)OC(C)(C)C)[C@@H](C)CC)c1nc(C(=O)N[C@@H](Cc2ccccc2)C[C@H](C)C(=O)OC)cs1. The summed E-state index contributed by atoms with van der Waals surface area (Å²) < 4.78 is 17.1. The van der Waals surface area contributed by atoms with Gasteiger partial charge in [-0.3, -0.25) is 19.2 Å². The van der Waals surface area contributed by atoms with Gasteiger partial charge in [-0.15, -0.1) is 11.3 Å². The molecule has 0 aliphatic carbocycles. The number of likely N-dealkylation sites (N-methyl/N-ethyl adjacent to an activating group) is 1. The highest BCUT2D eigenvalue weighted by Crippen LogP contribution is 2.34. The number of thiazole rings is 1. The molecule has 0 radical (unpaired) electrons. The van der Waals surface area contributed by atoms with E-state index in [0.717, 1.165) is 12.0 Å². The Kier molecular flexibility index (Phi) is 22.7. The maximum absolute atomic E-state index is 15.0. The van der Waals surface area contributed by atoms with Gasteiger partial charge in [0.05, 0.1) is 19.1 Å². The first-order valence-corrected chi connectivity index (χ1v) is 23.4. The van der Waals surface area contributed by atoms with E-state index in [4.69, 9.17) is 19.2 Å². The molecular formula is C48H78N4O8S. The summed E-state index contributed by atoms with van der Waals surface area (Å²) in [6.07, 6.45) is 3.18. The molecule has 0 unspecified atom stereocenters. The molecule has 0 bridgehead atoms. The summed E-state index contributed by atoms with van der Waals surface area (Å²) in [5.74, 6) is -2.14. The first kappa shape index (κ1) is 53.3. The number of benzene rings is 1. The molecule has 8 atom stereocenters. The summed E-state index contributed by atoms with van der Waals surface area (Å²) in [6, 6.07) is 8.47. The van der Waals surface area contributed by atoms with Gasteiger partial charge in [0.25, 0.3) is 5.91 Å². The van der Waals surface area contributed by atoms with E-state index in [0.29, 0.717) is 56.7 Å². The van der Waals surface area contributed by atoms with Crippen molar-refractivity contribution in [1.82, 2.24) is 20.1 Å². The van der Waals surface area contributed by atoms with Crippen LogP contribution in [-0.2, 0) is 35.0 Å². The number of Topliss-reactive ketones (excluding diaryl/α,β-unsaturated/α-hetero) is 1. The number of rotatable bonds is 26. The topological polar surface area (TPSA) is 144 Å². The molecule has 1 N–H and O–H groups in total. The molecule has 0 spiro atoms. The van der Waals surface area contributed by atoms with Crippen molar-refractivity contribution in [2.24, 2.45) is 29.6 Å². The normalized spacial score (nSPS) is 15.7. The summed E-state index contributed by atoms with van der Waals surface area (Å²) in [5.41, 5.74) is 0.573. The van der Waals surface area contributed by atoms with Gasteiger partial charge >= 0.3 is 12.1 Å². The molecule has 1 aromatic carbocycles. The molecule has 2 rings (SSSR count). The maximum atomic E-state index is 15.0. The first-order valence-electron chi connectivity index (χ1n) is 22.5. The van der Waals surface area contributed by atoms with E-state index in [1.165, 1.54) is 23.3 Å². The molecular weight excluding hydrogens is 793 g/mol. The zero-order valence-corrected chi connectivity index (χ0v) is 40.6. The molecule has 2 aromatic rings. The van der Waals surface area contributed by atoms with E-state index in [1.807, 2.05) is 76.8 Å². The summed E-state index contributed by atoms with van der Waals surface area (Å²) in [5, 5.41) is 5.51. The highest BCUT2D eigenvalue weighted by atomic mass is 32.1. The molecule has 1 aromatic heterocycles. The fourth-order valence-corrected chi connectivity index (χ4v) is 8.59. The number of nitrogens with one attached hydrogen (secondary N) is 1. The zero-order valence-electron chi connectivity index (χ0n) is 39.7. The van der Waals surface area contributed by atoms with Gasteiger partial charge < -0.3 is 29.3 Å². The lowest BCUT2D eigenvalue weighted by Crippen LogP contribution is -2.51. The molecule has 1 heterocycles. The van der Waals surface area contributed by atoms with Crippen LogP contribution in [0.2, 0.25) is 0 Å². The summed E-state index contributed by atoms with van der Waals surface area (Å²) in [6.45, 7) is 24.4. The third-order valence-corrected chi connectivity index (χ3v) is 12.4. The Balaban J connectivity index is 2.47. The Hall–Kier alpha value is -3.84. The van der Waals surface area contributed by atoms with Crippen molar-refractivity contribution in [1.29, 1.82) is 0 Å². The Bertz CT molecular complexity index is 1660. The molecule has 3 amide bonds. The smallest absolute Gasteiger partial charge is 0.410 e. The second-order valence-corrected chi connectivity index (χ2v) is 19.0. The van der Waals surface area contributed by atoms with Crippen molar-refractivity contribution < 1.29 is 38.2 Å². The van der Waals surface area contributed by atoms with Gasteiger partial charge in [-0.05, 0) is 69.8 Å². The van der Waals surface area contributed by atoms with Crippen LogP contribution in [0.3, 0.4) is 0 Å². The van der Waals surface area contributed by atoms with Gasteiger partial charge in [0.1, 0.15) is 22.4 Å². The lowest BCUT2D eigenvalue weighted by Gasteiger charge is -2.40. The Labute approximate surface area is 371 Å². The molecule has 0 aliphatic rings. The monoisotopic (exact) mass is 871 g/mol. The number of carbonyl (C=O) groups excluding carboxylic acids is 5. The van der Waals surface area contributed by atoms with Crippen molar-refractivity contribution in [3.05, 3.63) is 52.0 Å². The second-order valence-electron chi connectivity index (χ2n) is 18.1. The van der Waals surface area contributed by atoms with E-state index in [1.54, 1.807) is 40.1 Å². The maximum Gasteiger partial charge on any atom is 0.410 e. The third-order valence-electron chi connectivity index (χ3n) is 11.5. The average molecular weight is 871 g/mol. The number of esters is 1. The Morgan fingerprint density at radius 3 is 2.07 bits per heavy atom. The molecule has 13 heteroatoms. The molecule has 0 saturated heterocycles. The van der Waals surface area contributed by atoms with E-state index < -0.39 is 35.7 Å². The largest absolute Gasteiger partial charge is 0.469 e. The third kappa shape index (κ3) is 16.8. The molecule has 0 aliphatic heterocycles. The number of carbonyl (C=O) groups is 5. The standard InChI is InChI=1S/C48H78N4O8S/c1-15-24-52(45(55)37(32(7)17-3)28-40(53)42(33(8)18-4)51(13)47(57)60-48(10,11)12)39(31(5)6)29-41(59-25-16-2)44-50-38(30-61-44)43(54)49-36(26-34(9)46(56)58-14)27-35-22-20-19-21-23-35/h19-23,30-34,36-37,39,41-42H,15-18,24-29H2,1-14H3,(H,49,54)/t32-,33-,34-,36+,37-,39+,41+,42-/m0/s1. The summed E-state index contributed by atoms with van der Waals surface area (Å²) >= 11 is 1.35. The first-order chi connectivity index (χ1) is 28.7. The van der Waals surface area contributed by atoms with Crippen LogP contribution >= 0.6 is 11.3 Å². The molecule has 12 nitrogen and oxygen atoms in total. The van der Waals surface area contributed by atoms with Crippen molar-refractivity contribution in [3.63, 3.8) is 0 Å². The highest BCUT2D eigenvalue weighted by Gasteiger charge is 2.40. The van der Waals surface area contributed by atoms with Crippen molar-refractivity contribution in [2.45, 2.75) is 164 Å². The van der Waals surface area contributed by atoms with E-state index >= 15 is 0 Å². The number of ketones is 1. The van der Waals surface area contributed by atoms with Crippen LogP contribution < -0.4 is 5.32 Å². The number of ether oxygens (including phenoxy) is 3. The summed E-state index contributed by atoms with van der Waals surface area (Å²) in [4.78, 5) is 76.9. The molecule has 344 valence electrons. The van der Waals surface area contributed by atoms with Crippen LogP contribution in [0.1, 0.15) is 155 Å². The highest BCUT2D eigenvalue weighted by molar-refractivity contribution is 7.09. The minimum Gasteiger partial charge on any atom is -0.469 e. The Morgan fingerprint density at radius 2 is 1.52 bits per heavy atom. The second kappa shape index (κ2) is 25.9. The van der Waals surface area contributed by atoms with Gasteiger partial charge in [-0.1, -0.05) is 105 Å². The number of nitrogens with zero attached hydrogens (tertiary/aromatic N) is 3. The van der Waals surface area contributed by atoms with Gasteiger partial charge in [-0.2, -0.15) is 0 Å². The average Bonchev–Trinajstić information content (AvgIpc) is 3.71. The lowest BCUT2D eigenvalue weighted by molar-refractivity contribution is -0.145. The van der Waals surface area contributed by atoms with Crippen molar-refractivity contribution in [2.75, 3.05) is 27.3 Å². The zero-order chi connectivity index (χ0) is 46.0. The molecule has 0 fully saturated rings. The predicted octanol–water partition coefficient (Wildman–Crippen LogP) is 9.71. The van der Waals surface area contributed by atoms with Crippen LogP contribution in [0.25, 0.3) is 0 Å². The fourth-order valence-electron chi connectivity index (χ4n) is 7.73. The van der Waals surface area contributed by atoms with Gasteiger partial charge in [0.2, 0.25) is 5.91 Å². The van der Waals surface area contributed by atoms with Crippen LogP contribution in [0.15, 0.2) is 35.7 Å². The predicted molar refractivity (Wildman–Crippen MR) is 243 cm³/mol. The van der Waals surface area contributed by atoms with E-state index in [2.05, 4.69) is 19.2 Å².